The molecule has 3 rings (SSSR count). The molecule has 1 saturated carbocycles. The Morgan fingerprint density at radius 2 is 1.90 bits per heavy atom. The third-order valence-corrected chi connectivity index (χ3v) is 6.70. The molecule has 42 heavy (non-hydrogen) atoms. The van der Waals surface area contributed by atoms with E-state index in [0.717, 1.165) is 18.9 Å². The Labute approximate surface area is 247 Å². The lowest BCUT2D eigenvalue weighted by atomic mass is 10.1. The van der Waals surface area contributed by atoms with Crippen LogP contribution in [0.1, 0.15) is 51.3 Å². The van der Waals surface area contributed by atoms with Gasteiger partial charge in [0, 0.05) is 38.4 Å². The van der Waals surface area contributed by atoms with Crippen LogP contribution in [-0.2, 0) is 43.2 Å². The topological polar surface area (TPSA) is 167 Å². The van der Waals surface area contributed by atoms with E-state index in [-0.39, 0.29) is 25.5 Å². The van der Waals surface area contributed by atoms with Crippen molar-refractivity contribution in [1.29, 1.82) is 0 Å². The lowest BCUT2D eigenvalue weighted by Gasteiger charge is -2.20. The largest absolute Gasteiger partial charge is 0.490 e. The third kappa shape index (κ3) is 12.6. The van der Waals surface area contributed by atoms with Gasteiger partial charge in [-0.15, -0.1) is 0 Å². The molecule has 12 nitrogen and oxygen atoms in total. The molecular weight excluding hydrogens is 542 g/mol. The van der Waals surface area contributed by atoms with Crippen LogP contribution in [0.2, 0.25) is 0 Å². The van der Waals surface area contributed by atoms with Gasteiger partial charge >= 0.3 is 11.9 Å². The highest BCUT2D eigenvalue weighted by molar-refractivity contribution is 5.86. The van der Waals surface area contributed by atoms with E-state index in [4.69, 9.17) is 19.9 Å². The number of benzene rings is 1. The zero-order valence-electron chi connectivity index (χ0n) is 24.8. The van der Waals surface area contributed by atoms with Crippen molar-refractivity contribution in [2.75, 3.05) is 26.4 Å². The molecule has 5 N–H and O–H groups in total. The first-order valence-corrected chi connectivity index (χ1v) is 14.6. The van der Waals surface area contributed by atoms with Gasteiger partial charge in [-0.05, 0) is 49.8 Å². The maximum absolute atomic E-state index is 12.7. The fraction of sp³-hybridized carbons (Fsp3) is 0.600. The van der Waals surface area contributed by atoms with Gasteiger partial charge in [0.15, 0.2) is 0 Å². The number of esters is 1. The second kappa shape index (κ2) is 16.8. The molecule has 0 radical (unpaired) electrons. The highest BCUT2D eigenvalue weighted by Gasteiger charge is 2.23. The van der Waals surface area contributed by atoms with Gasteiger partial charge < -0.3 is 40.3 Å². The van der Waals surface area contributed by atoms with E-state index < -0.39 is 36.0 Å². The average molecular weight is 588 g/mol. The number of hydrogen-bond donors (Lipinski definition) is 4. The second-order valence-electron chi connectivity index (χ2n) is 11.1. The van der Waals surface area contributed by atoms with E-state index in [1.807, 2.05) is 38.1 Å². The van der Waals surface area contributed by atoms with Crippen LogP contribution in [-0.4, -0.2) is 83.1 Å². The molecule has 232 valence electrons. The predicted octanol–water partition coefficient (Wildman–Crippen LogP) is 1.69. The first-order chi connectivity index (χ1) is 20.1. The molecule has 0 aliphatic heterocycles. The maximum atomic E-state index is 12.7. The van der Waals surface area contributed by atoms with Crippen molar-refractivity contribution in [3.8, 4) is 5.75 Å². The molecule has 0 saturated heterocycles. The normalized spacial score (nSPS) is 15.2. The van der Waals surface area contributed by atoms with Gasteiger partial charge in [0.1, 0.15) is 24.5 Å². The number of nitrogens with one attached hydrogen (secondary N) is 2. The van der Waals surface area contributed by atoms with E-state index in [1.165, 1.54) is 31.7 Å². The molecule has 2 aromatic rings. The number of aliphatic carboxylic acids is 1. The van der Waals surface area contributed by atoms with Crippen molar-refractivity contribution >= 4 is 17.8 Å². The van der Waals surface area contributed by atoms with Crippen molar-refractivity contribution in [3.05, 3.63) is 48.0 Å². The summed E-state index contributed by atoms with van der Waals surface area (Å²) in [5, 5.41) is 15.1. The number of carboxylic acids is 1. The van der Waals surface area contributed by atoms with Gasteiger partial charge in [-0.3, -0.25) is 9.59 Å². The van der Waals surface area contributed by atoms with Crippen LogP contribution >= 0.6 is 0 Å². The number of aromatic nitrogens is 2. The van der Waals surface area contributed by atoms with Crippen LogP contribution in [0.5, 0.6) is 5.75 Å². The second-order valence-corrected chi connectivity index (χ2v) is 11.1. The number of ether oxygens (including phenoxy) is 3. The minimum Gasteiger partial charge on any atom is -0.490 e. The van der Waals surface area contributed by atoms with Gasteiger partial charge in [0.25, 0.3) is 0 Å². The quantitative estimate of drug-likeness (QED) is 0.132. The smallest absolute Gasteiger partial charge is 0.326 e. The molecular formula is C30H45N5O7. The molecule has 1 aromatic heterocycles. The molecule has 0 spiro atoms. The summed E-state index contributed by atoms with van der Waals surface area (Å²) < 4.78 is 19.0. The Balaban J connectivity index is 1.44. The summed E-state index contributed by atoms with van der Waals surface area (Å²) in [6.07, 6.45) is 6.18. The Morgan fingerprint density at radius 1 is 1.17 bits per heavy atom. The molecule has 1 aliphatic carbocycles. The number of hydrogen-bond acceptors (Lipinski definition) is 9. The fourth-order valence-electron chi connectivity index (χ4n) is 3.98. The Kier molecular flexibility index (Phi) is 13.2. The van der Waals surface area contributed by atoms with Gasteiger partial charge in [-0.2, -0.15) is 0 Å². The molecule has 1 fully saturated rings. The summed E-state index contributed by atoms with van der Waals surface area (Å²) in [6, 6.07) is 6.10. The van der Waals surface area contributed by atoms with Crippen LogP contribution in [0.25, 0.3) is 0 Å². The molecule has 1 aliphatic rings. The summed E-state index contributed by atoms with van der Waals surface area (Å²) >= 11 is 0. The van der Waals surface area contributed by atoms with Crippen LogP contribution in [0.4, 0.5) is 0 Å². The molecule has 0 bridgehead atoms. The summed E-state index contributed by atoms with van der Waals surface area (Å²) in [4.78, 5) is 40.2. The number of nitrogens with zero attached hydrogens (tertiary/aromatic N) is 2. The van der Waals surface area contributed by atoms with E-state index in [0.29, 0.717) is 31.1 Å². The average Bonchev–Trinajstić information content (AvgIpc) is 3.67. The minimum atomic E-state index is -1.19. The van der Waals surface area contributed by atoms with Crippen LogP contribution in [0.3, 0.4) is 0 Å². The Bertz CT molecular complexity index is 1130. The lowest BCUT2D eigenvalue weighted by Crippen LogP contribution is -2.48. The van der Waals surface area contributed by atoms with Crippen LogP contribution in [0, 0.1) is 5.92 Å². The Hall–Kier alpha value is -3.48. The first-order valence-electron chi connectivity index (χ1n) is 14.6. The monoisotopic (exact) mass is 587 g/mol. The van der Waals surface area contributed by atoms with Crippen molar-refractivity contribution in [2.45, 2.75) is 83.6 Å². The standard InChI is InChI=1S/C30H45N5O7/c1-20(2)32-15-26(18-41-25-8-6-22(7-9-25)11-13-40-17-23-4-5-23)42-28(36)10-12-35-16-24(33-19-35)14-27(30(38)39)34-29(37)21(3)31/h6-9,16,19-21,23,26-27,32H,4-5,10-15,17-18,31H2,1-3H3,(H,34,37)(H,38,39). The van der Waals surface area contributed by atoms with Gasteiger partial charge in [0.2, 0.25) is 5.91 Å². The number of imidazole rings is 1. The Morgan fingerprint density at radius 3 is 2.55 bits per heavy atom. The number of rotatable bonds is 20. The van der Waals surface area contributed by atoms with Gasteiger partial charge in [0.05, 0.1) is 31.1 Å². The van der Waals surface area contributed by atoms with Crippen molar-refractivity contribution in [3.63, 3.8) is 0 Å². The summed E-state index contributed by atoms with van der Waals surface area (Å²) in [6.45, 7) is 8.02. The number of carboxylic acid groups (broad SMARTS) is 1. The maximum Gasteiger partial charge on any atom is 0.326 e. The number of aryl methyl sites for hydroxylation is 1. The summed E-state index contributed by atoms with van der Waals surface area (Å²) in [5.41, 5.74) is 7.16. The highest BCUT2D eigenvalue weighted by Crippen LogP contribution is 2.28. The van der Waals surface area contributed by atoms with Crippen LogP contribution in [0.15, 0.2) is 36.8 Å². The molecule has 3 atom stereocenters. The molecule has 3 unspecified atom stereocenters. The van der Waals surface area contributed by atoms with E-state index >= 15 is 0 Å². The minimum absolute atomic E-state index is 0.0132. The SMILES string of the molecule is CC(C)NCC(COc1ccc(CCOCC2CC2)cc1)OC(=O)CCn1cnc(CC(NC(=O)C(C)N)C(=O)O)c1. The zero-order valence-corrected chi connectivity index (χ0v) is 24.8. The van der Waals surface area contributed by atoms with Gasteiger partial charge in [-0.25, -0.2) is 9.78 Å². The zero-order chi connectivity index (χ0) is 30.5. The van der Waals surface area contributed by atoms with Crippen molar-refractivity contribution < 1.29 is 33.7 Å². The number of carbonyl (C=O) groups excluding carboxylic acids is 2. The van der Waals surface area contributed by atoms with Gasteiger partial charge in [-0.1, -0.05) is 26.0 Å². The fourth-order valence-corrected chi connectivity index (χ4v) is 3.98. The lowest BCUT2D eigenvalue weighted by molar-refractivity contribution is -0.150. The van der Waals surface area contributed by atoms with Crippen molar-refractivity contribution in [2.24, 2.45) is 11.7 Å². The number of nitrogens with two attached hydrogens (primary N) is 1. The number of carbonyl (C=O) groups is 3. The van der Waals surface area contributed by atoms with E-state index in [2.05, 4.69) is 15.6 Å². The number of amides is 1. The molecule has 1 heterocycles. The predicted molar refractivity (Wildman–Crippen MR) is 156 cm³/mol. The summed E-state index contributed by atoms with van der Waals surface area (Å²) in [5.74, 6) is -0.672. The summed E-state index contributed by atoms with van der Waals surface area (Å²) in [7, 11) is 0. The first kappa shape index (κ1) is 33.0. The highest BCUT2D eigenvalue weighted by atomic mass is 16.6. The van der Waals surface area contributed by atoms with E-state index in [9.17, 15) is 19.5 Å². The van der Waals surface area contributed by atoms with Crippen molar-refractivity contribution in [1.82, 2.24) is 20.2 Å². The van der Waals surface area contributed by atoms with E-state index in [1.54, 1.807) is 10.8 Å². The van der Waals surface area contributed by atoms with Crippen LogP contribution < -0.4 is 21.1 Å². The third-order valence-electron chi connectivity index (χ3n) is 6.70. The molecule has 1 aromatic carbocycles. The molecule has 1 amide bonds. The molecule has 12 heteroatoms.